The van der Waals surface area contributed by atoms with Gasteiger partial charge in [0.2, 0.25) is 0 Å². The smallest absolute Gasteiger partial charge is 0.253 e. The van der Waals surface area contributed by atoms with Gasteiger partial charge in [-0.1, -0.05) is 6.07 Å². The maximum absolute atomic E-state index is 12.5. The second-order valence-corrected chi connectivity index (χ2v) is 5.72. The Morgan fingerprint density at radius 1 is 1.17 bits per heavy atom. The third-order valence-corrected chi connectivity index (χ3v) is 3.77. The summed E-state index contributed by atoms with van der Waals surface area (Å²) in [5.74, 6) is 1.64. The fourth-order valence-electron chi connectivity index (χ4n) is 2.32. The van der Waals surface area contributed by atoms with Gasteiger partial charge in [0.25, 0.3) is 5.91 Å². The zero-order chi connectivity index (χ0) is 12.5. The molecule has 96 valence electrons. The van der Waals surface area contributed by atoms with Gasteiger partial charge in [0, 0.05) is 24.3 Å². The van der Waals surface area contributed by atoms with E-state index in [0.717, 1.165) is 30.5 Å². The van der Waals surface area contributed by atoms with E-state index >= 15 is 0 Å². The number of nitrogens with zero attached hydrogens (tertiary/aromatic N) is 1. The molecule has 2 aliphatic rings. The van der Waals surface area contributed by atoms with Crippen LogP contribution < -0.4 is 5.73 Å². The Labute approximate surface area is 108 Å². The molecular formula is C15H20N2O. The molecule has 0 unspecified atom stereocenters. The maximum Gasteiger partial charge on any atom is 0.253 e. The number of amides is 1. The third kappa shape index (κ3) is 2.84. The summed E-state index contributed by atoms with van der Waals surface area (Å²) in [6, 6.07) is 7.33. The van der Waals surface area contributed by atoms with Crippen LogP contribution in [0.25, 0.3) is 0 Å². The Bertz CT molecular complexity index is 436. The van der Waals surface area contributed by atoms with Gasteiger partial charge >= 0.3 is 0 Å². The van der Waals surface area contributed by atoms with Crippen LogP contribution in [-0.4, -0.2) is 23.9 Å². The molecule has 0 heterocycles. The fourth-order valence-corrected chi connectivity index (χ4v) is 2.32. The molecule has 0 aliphatic heterocycles. The van der Waals surface area contributed by atoms with Crippen molar-refractivity contribution in [3.63, 3.8) is 0 Å². The van der Waals surface area contributed by atoms with E-state index in [9.17, 15) is 4.79 Å². The summed E-state index contributed by atoms with van der Waals surface area (Å²) < 4.78 is 0. The van der Waals surface area contributed by atoms with E-state index < -0.39 is 0 Å². The van der Waals surface area contributed by atoms with Gasteiger partial charge in [0.05, 0.1) is 0 Å². The summed E-state index contributed by atoms with van der Waals surface area (Å²) in [5.41, 5.74) is 7.15. The summed E-state index contributed by atoms with van der Waals surface area (Å²) in [4.78, 5) is 14.5. The predicted octanol–water partition coefficient (Wildman–Crippen LogP) is 2.53. The molecular weight excluding hydrogens is 224 g/mol. The zero-order valence-electron chi connectivity index (χ0n) is 10.6. The van der Waals surface area contributed by atoms with Crippen LogP contribution in [0.4, 0.5) is 5.69 Å². The molecule has 1 aromatic rings. The van der Waals surface area contributed by atoms with Gasteiger partial charge in [0.1, 0.15) is 0 Å². The van der Waals surface area contributed by atoms with Gasteiger partial charge in [-0.05, 0) is 55.7 Å². The van der Waals surface area contributed by atoms with Gasteiger partial charge in [-0.25, -0.2) is 0 Å². The first-order valence-corrected chi connectivity index (χ1v) is 6.87. The first-order valence-electron chi connectivity index (χ1n) is 6.87. The van der Waals surface area contributed by atoms with E-state index in [-0.39, 0.29) is 5.91 Å². The van der Waals surface area contributed by atoms with Crippen molar-refractivity contribution in [2.75, 3.05) is 18.8 Å². The van der Waals surface area contributed by atoms with Crippen molar-refractivity contribution in [1.82, 2.24) is 4.90 Å². The Hall–Kier alpha value is -1.51. The Morgan fingerprint density at radius 3 is 2.28 bits per heavy atom. The highest BCUT2D eigenvalue weighted by atomic mass is 16.2. The normalized spacial score (nSPS) is 18.7. The van der Waals surface area contributed by atoms with E-state index in [1.54, 1.807) is 6.07 Å². The minimum absolute atomic E-state index is 0.154. The molecule has 0 bridgehead atoms. The Kier molecular flexibility index (Phi) is 2.98. The SMILES string of the molecule is Nc1cccc(C(=O)N(CC2CC2)CC2CC2)c1. The number of nitrogen functional groups attached to an aromatic ring is 1. The van der Waals surface area contributed by atoms with E-state index in [4.69, 9.17) is 5.73 Å². The lowest BCUT2D eigenvalue weighted by atomic mass is 10.1. The van der Waals surface area contributed by atoms with Crippen LogP contribution in [0.1, 0.15) is 36.0 Å². The van der Waals surface area contributed by atoms with Crippen molar-refractivity contribution in [1.29, 1.82) is 0 Å². The minimum atomic E-state index is 0.154. The highest BCUT2D eigenvalue weighted by molar-refractivity contribution is 5.95. The highest BCUT2D eigenvalue weighted by Gasteiger charge is 2.31. The second kappa shape index (κ2) is 4.63. The number of carbonyl (C=O) groups excluding carboxylic acids is 1. The summed E-state index contributed by atoms with van der Waals surface area (Å²) in [5, 5.41) is 0. The molecule has 0 atom stereocenters. The van der Waals surface area contributed by atoms with Crippen LogP contribution in [0, 0.1) is 11.8 Å². The maximum atomic E-state index is 12.5. The predicted molar refractivity (Wildman–Crippen MR) is 72.2 cm³/mol. The molecule has 2 saturated carbocycles. The molecule has 3 rings (SSSR count). The Balaban J connectivity index is 1.72. The summed E-state index contributed by atoms with van der Waals surface area (Å²) in [6.45, 7) is 1.87. The van der Waals surface area contributed by atoms with Gasteiger partial charge in [-0.3, -0.25) is 4.79 Å². The standard InChI is InChI=1S/C15H20N2O/c16-14-3-1-2-13(8-14)15(18)17(9-11-4-5-11)10-12-6-7-12/h1-3,8,11-12H,4-7,9-10,16H2. The first-order chi connectivity index (χ1) is 8.72. The van der Waals surface area contributed by atoms with E-state index in [2.05, 4.69) is 0 Å². The number of hydrogen-bond acceptors (Lipinski definition) is 2. The molecule has 2 fully saturated rings. The number of nitrogens with two attached hydrogens (primary N) is 1. The van der Waals surface area contributed by atoms with Crippen LogP contribution >= 0.6 is 0 Å². The molecule has 1 aromatic carbocycles. The molecule has 0 radical (unpaired) electrons. The monoisotopic (exact) mass is 244 g/mol. The lowest BCUT2D eigenvalue weighted by Gasteiger charge is -2.22. The summed E-state index contributed by atoms with van der Waals surface area (Å²) in [6.07, 6.45) is 5.13. The molecule has 3 heteroatoms. The van der Waals surface area contributed by atoms with E-state index in [1.807, 2.05) is 23.1 Å². The lowest BCUT2D eigenvalue weighted by molar-refractivity contribution is 0.0739. The van der Waals surface area contributed by atoms with Crippen molar-refractivity contribution < 1.29 is 4.79 Å². The molecule has 2 aliphatic carbocycles. The van der Waals surface area contributed by atoms with Gasteiger partial charge in [-0.2, -0.15) is 0 Å². The molecule has 0 saturated heterocycles. The van der Waals surface area contributed by atoms with E-state index in [1.165, 1.54) is 25.7 Å². The highest BCUT2D eigenvalue weighted by Crippen LogP contribution is 2.34. The van der Waals surface area contributed by atoms with E-state index in [0.29, 0.717) is 5.69 Å². The molecule has 0 aromatic heterocycles. The van der Waals surface area contributed by atoms with Crippen molar-refractivity contribution in [3.05, 3.63) is 29.8 Å². The summed E-state index contributed by atoms with van der Waals surface area (Å²) in [7, 11) is 0. The number of hydrogen-bond donors (Lipinski definition) is 1. The van der Waals surface area contributed by atoms with Crippen molar-refractivity contribution in [3.8, 4) is 0 Å². The zero-order valence-corrected chi connectivity index (χ0v) is 10.6. The van der Waals surface area contributed by atoms with Crippen LogP contribution in [0.15, 0.2) is 24.3 Å². The third-order valence-electron chi connectivity index (χ3n) is 3.77. The average molecular weight is 244 g/mol. The van der Waals surface area contributed by atoms with Crippen LogP contribution in [0.2, 0.25) is 0 Å². The van der Waals surface area contributed by atoms with Crippen LogP contribution in [0.5, 0.6) is 0 Å². The van der Waals surface area contributed by atoms with Crippen molar-refractivity contribution in [2.45, 2.75) is 25.7 Å². The van der Waals surface area contributed by atoms with Crippen molar-refractivity contribution in [2.24, 2.45) is 11.8 Å². The molecule has 18 heavy (non-hydrogen) atoms. The fraction of sp³-hybridized carbons (Fsp3) is 0.533. The topological polar surface area (TPSA) is 46.3 Å². The number of benzene rings is 1. The van der Waals surface area contributed by atoms with Gasteiger partial charge in [0.15, 0.2) is 0 Å². The van der Waals surface area contributed by atoms with Crippen molar-refractivity contribution >= 4 is 11.6 Å². The molecule has 2 N–H and O–H groups in total. The molecule has 3 nitrogen and oxygen atoms in total. The van der Waals surface area contributed by atoms with Gasteiger partial charge < -0.3 is 10.6 Å². The molecule has 1 amide bonds. The largest absolute Gasteiger partial charge is 0.399 e. The number of carbonyl (C=O) groups is 1. The Morgan fingerprint density at radius 2 is 1.78 bits per heavy atom. The number of rotatable bonds is 5. The summed E-state index contributed by atoms with van der Waals surface area (Å²) >= 11 is 0. The van der Waals surface area contributed by atoms with Crippen LogP contribution in [-0.2, 0) is 0 Å². The van der Waals surface area contributed by atoms with Gasteiger partial charge in [-0.15, -0.1) is 0 Å². The molecule has 0 spiro atoms. The minimum Gasteiger partial charge on any atom is -0.399 e. The average Bonchev–Trinajstić information content (AvgIpc) is 3.22. The second-order valence-electron chi connectivity index (χ2n) is 5.72. The first kappa shape index (κ1) is 11.6. The number of anilines is 1. The van der Waals surface area contributed by atoms with Crippen LogP contribution in [0.3, 0.4) is 0 Å². The lowest BCUT2D eigenvalue weighted by Crippen LogP contribution is -2.34. The quantitative estimate of drug-likeness (QED) is 0.809.